The molecule has 0 saturated heterocycles. The lowest BCUT2D eigenvalue weighted by Gasteiger charge is -2.06. The first kappa shape index (κ1) is 11.9. The number of amides is 1. The zero-order chi connectivity index (χ0) is 13.1. The third kappa shape index (κ3) is 2.57. The van der Waals surface area contributed by atoms with E-state index < -0.39 is 0 Å². The highest BCUT2D eigenvalue weighted by Crippen LogP contribution is 2.21. The minimum atomic E-state index is -0.344. The second kappa shape index (κ2) is 4.75. The van der Waals surface area contributed by atoms with Gasteiger partial charge in [-0.1, -0.05) is 6.07 Å². The first-order chi connectivity index (χ1) is 8.56. The molecule has 1 aromatic carbocycles. The number of phenols is 1. The summed E-state index contributed by atoms with van der Waals surface area (Å²) in [5.74, 6) is 0.0135. The second-order valence-electron chi connectivity index (χ2n) is 3.89. The molecule has 1 heterocycles. The van der Waals surface area contributed by atoms with E-state index in [4.69, 9.17) is 5.73 Å². The van der Waals surface area contributed by atoms with Crippen molar-refractivity contribution in [3.05, 3.63) is 47.7 Å². The number of phenolic OH excluding ortho intramolecular Hbond substituents is 1. The number of aromatic nitrogens is 1. The minimum absolute atomic E-state index is 0.111. The molecule has 4 N–H and O–H groups in total. The number of aromatic hydroxyl groups is 1. The van der Waals surface area contributed by atoms with Gasteiger partial charge in [0, 0.05) is 11.3 Å². The van der Waals surface area contributed by atoms with E-state index in [2.05, 4.69) is 10.3 Å². The Balaban J connectivity index is 2.19. The van der Waals surface area contributed by atoms with Crippen LogP contribution in [0.4, 0.5) is 11.5 Å². The van der Waals surface area contributed by atoms with Crippen LogP contribution < -0.4 is 11.1 Å². The van der Waals surface area contributed by atoms with Crippen LogP contribution in [0.3, 0.4) is 0 Å². The van der Waals surface area contributed by atoms with Crippen molar-refractivity contribution < 1.29 is 9.90 Å². The van der Waals surface area contributed by atoms with Crippen LogP contribution >= 0.6 is 0 Å². The van der Waals surface area contributed by atoms with Crippen LogP contribution in [0.1, 0.15) is 16.1 Å². The molecule has 0 atom stereocenters. The van der Waals surface area contributed by atoms with Gasteiger partial charge in [-0.25, -0.2) is 4.98 Å². The summed E-state index contributed by atoms with van der Waals surface area (Å²) in [5.41, 5.74) is 6.84. The molecule has 92 valence electrons. The molecule has 18 heavy (non-hydrogen) atoms. The Kier molecular flexibility index (Phi) is 3.14. The van der Waals surface area contributed by atoms with Crippen LogP contribution in [-0.4, -0.2) is 16.0 Å². The number of aryl methyl sites for hydroxylation is 1. The average molecular weight is 243 g/mol. The lowest BCUT2D eigenvalue weighted by atomic mass is 10.2. The highest BCUT2D eigenvalue weighted by atomic mass is 16.3. The van der Waals surface area contributed by atoms with Crippen LogP contribution in [0.25, 0.3) is 0 Å². The molecule has 0 radical (unpaired) electrons. The Morgan fingerprint density at radius 3 is 2.78 bits per heavy atom. The summed E-state index contributed by atoms with van der Waals surface area (Å²) in [6.45, 7) is 1.84. The lowest BCUT2D eigenvalue weighted by Crippen LogP contribution is -2.13. The minimum Gasteiger partial charge on any atom is -0.506 e. The summed E-state index contributed by atoms with van der Waals surface area (Å²) in [5, 5.41) is 12.1. The lowest BCUT2D eigenvalue weighted by molar-refractivity contribution is 0.102. The Morgan fingerprint density at radius 2 is 2.11 bits per heavy atom. The van der Waals surface area contributed by atoms with Crippen LogP contribution in [0, 0.1) is 6.92 Å². The molecule has 2 aromatic rings. The fraction of sp³-hybridized carbons (Fsp3) is 0.0769. The number of carbonyl (C=O) groups is 1. The van der Waals surface area contributed by atoms with Crippen LogP contribution in [0.2, 0.25) is 0 Å². The van der Waals surface area contributed by atoms with Gasteiger partial charge < -0.3 is 16.2 Å². The van der Waals surface area contributed by atoms with Gasteiger partial charge >= 0.3 is 0 Å². The van der Waals surface area contributed by atoms with Gasteiger partial charge in [-0.2, -0.15) is 0 Å². The Labute approximate surface area is 104 Å². The second-order valence-corrected chi connectivity index (χ2v) is 3.89. The predicted octanol–water partition coefficient (Wildman–Crippen LogP) is 1.93. The van der Waals surface area contributed by atoms with Crippen molar-refractivity contribution in [2.45, 2.75) is 6.92 Å². The van der Waals surface area contributed by atoms with Gasteiger partial charge in [0.15, 0.2) is 0 Å². The third-order valence-corrected chi connectivity index (χ3v) is 2.42. The molecular formula is C13H13N3O2. The fourth-order valence-corrected chi connectivity index (χ4v) is 1.49. The highest BCUT2D eigenvalue weighted by molar-refractivity contribution is 6.04. The summed E-state index contributed by atoms with van der Waals surface area (Å²) in [4.78, 5) is 16.0. The van der Waals surface area contributed by atoms with Gasteiger partial charge in [0.05, 0.1) is 5.69 Å². The number of nitrogen functional groups attached to an aromatic ring is 1. The Hall–Kier alpha value is -2.56. The van der Waals surface area contributed by atoms with E-state index in [0.29, 0.717) is 11.4 Å². The van der Waals surface area contributed by atoms with Crippen molar-refractivity contribution in [1.29, 1.82) is 0 Å². The molecule has 0 saturated carbocycles. The molecule has 0 spiro atoms. The standard InChI is InChI=1S/C13H13N3O2/c1-8-3-2-4-12(15-8)16-13(18)9-5-6-10(14)11(17)7-9/h2-7,17H,14H2,1H3,(H,15,16,18). The van der Waals surface area contributed by atoms with E-state index in [1.54, 1.807) is 18.2 Å². The Morgan fingerprint density at radius 1 is 1.33 bits per heavy atom. The number of nitrogens with one attached hydrogen (secondary N) is 1. The molecular weight excluding hydrogens is 230 g/mol. The van der Waals surface area contributed by atoms with Crippen molar-refractivity contribution in [2.24, 2.45) is 0 Å². The largest absolute Gasteiger partial charge is 0.506 e. The van der Waals surface area contributed by atoms with E-state index in [1.807, 2.05) is 13.0 Å². The molecule has 1 amide bonds. The third-order valence-electron chi connectivity index (χ3n) is 2.42. The number of hydrogen-bond acceptors (Lipinski definition) is 4. The molecule has 0 aliphatic rings. The van der Waals surface area contributed by atoms with Crippen molar-refractivity contribution in [3.63, 3.8) is 0 Å². The van der Waals surface area contributed by atoms with Crippen LogP contribution in [0.15, 0.2) is 36.4 Å². The van der Waals surface area contributed by atoms with Gasteiger partial charge in [-0.3, -0.25) is 4.79 Å². The number of nitrogens with zero attached hydrogens (tertiary/aromatic N) is 1. The number of pyridine rings is 1. The number of rotatable bonds is 2. The van der Waals surface area contributed by atoms with Crippen LogP contribution in [-0.2, 0) is 0 Å². The van der Waals surface area contributed by atoms with Gasteiger partial charge in [0.1, 0.15) is 11.6 Å². The summed E-state index contributed by atoms with van der Waals surface area (Å²) in [7, 11) is 0. The van der Waals surface area contributed by atoms with E-state index in [-0.39, 0.29) is 17.3 Å². The van der Waals surface area contributed by atoms with Gasteiger partial charge in [-0.15, -0.1) is 0 Å². The topological polar surface area (TPSA) is 88.2 Å². The number of hydrogen-bond donors (Lipinski definition) is 3. The molecule has 0 aliphatic heterocycles. The molecule has 0 aliphatic carbocycles. The zero-order valence-corrected chi connectivity index (χ0v) is 9.84. The summed E-state index contributed by atoms with van der Waals surface area (Å²) >= 11 is 0. The molecule has 2 rings (SSSR count). The fourth-order valence-electron chi connectivity index (χ4n) is 1.49. The summed E-state index contributed by atoms with van der Waals surface area (Å²) in [6.07, 6.45) is 0. The maximum absolute atomic E-state index is 11.9. The van der Waals surface area contributed by atoms with E-state index in [0.717, 1.165) is 5.69 Å². The maximum atomic E-state index is 11.9. The van der Waals surface area contributed by atoms with Crippen molar-refractivity contribution in [2.75, 3.05) is 11.1 Å². The van der Waals surface area contributed by atoms with E-state index in [9.17, 15) is 9.90 Å². The number of carbonyl (C=O) groups excluding carboxylic acids is 1. The normalized spacial score (nSPS) is 10.1. The molecule has 0 fully saturated rings. The smallest absolute Gasteiger partial charge is 0.256 e. The van der Waals surface area contributed by atoms with Gasteiger partial charge in [0.2, 0.25) is 0 Å². The molecule has 5 heteroatoms. The summed E-state index contributed by atoms with van der Waals surface area (Å²) in [6, 6.07) is 9.68. The molecule has 5 nitrogen and oxygen atoms in total. The average Bonchev–Trinajstić information content (AvgIpc) is 2.32. The maximum Gasteiger partial charge on any atom is 0.256 e. The molecule has 1 aromatic heterocycles. The van der Waals surface area contributed by atoms with E-state index >= 15 is 0 Å². The van der Waals surface area contributed by atoms with Crippen LogP contribution in [0.5, 0.6) is 5.75 Å². The monoisotopic (exact) mass is 243 g/mol. The number of nitrogens with two attached hydrogens (primary N) is 1. The predicted molar refractivity (Wildman–Crippen MR) is 69.4 cm³/mol. The van der Waals surface area contributed by atoms with E-state index in [1.165, 1.54) is 12.1 Å². The Bertz CT molecular complexity index is 597. The van der Waals surface area contributed by atoms with Crippen molar-refractivity contribution in [3.8, 4) is 5.75 Å². The zero-order valence-electron chi connectivity index (χ0n) is 9.84. The summed E-state index contributed by atoms with van der Waals surface area (Å²) < 4.78 is 0. The van der Waals surface area contributed by atoms with Crippen molar-refractivity contribution in [1.82, 2.24) is 4.98 Å². The number of anilines is 2. The highest BCUT2D eigenvalue weighted by Gasteiger charge is 2.08. The van der Waals surface area contributed by atoms with Crippen molar-refractivity contribution >= 4 is 17.4 Å². The quantitative estimate of drug-likeness (QED) is 0.555. The molecule has 0 unspecified atom stereocenters. The SMILES string of the molecule is Cc1cccc(NC(=O)c2ccc(N)c(O)c2)n1. The first-order valence-electron chi connectivity index (χ1n) is 5.40. The van der Waals surface area contributed by atoms with Gasteiger partial charge in [0.25, 0.3) is 5.91 Å². The van der Waals surface area contributed by atoms with Gasteiger partial charge in [-0.05, 0) is 37.3 Å². The first-order valence-corrected chi connectivity index (χ1v) is 5.40. The number of benzene rings is 1. The molecule has 0 bridgehead atoms.